The number of hydrogen-bond donors (Lipinski definition) is 2. The van der Waals surface area contributed by atoms with Crippen molar-refractivity contribution in [3.63, 3.8) is 0 Å². The van der Waals surface area contributed by atoms with Crippen molar-refractivity contribution in [2.75, 3.05) is 0 Å². The van der Waals surface area contributed by atoms with E-state index < -0.39 is 34.5 Å². The molecule has 1 rings (SSSR count). The average Bonchev–Trinajstić information content (AvgIpc) is 2.42. The van der Waals surface area contributed by atoms with Crippen LogP contribution in [0, 0.1) is 10.1 Å². The first kappa shape index (κ1) is 18.4. The summed E-state index contributed by atoms with van der Waals surface area (Å²) >= 11 is 0. The van der Waals surface area contributed by atoms with E-state index in [9.17, 15) is 24.8 Å². The SMILES string of the molecule is C[C@@H](c1ccc([N+](=O)[O-])cc1)C(NC(=O)OC(C)(C)C)C(=O)O. The largest absolute Gasteiger partial charge is 0.480 e. The lowest BCUT2D eigenvalue weighted by atomic mass is 9.93. The number of benzene rings is 1. The number of non-ortho nitro benzene ring substituents is 1. The Kier molecular flexibility index (Phi) is 5.67. The minimum Gasteiger partial charge on any atom is -0.480 e. The first-order chi connectivity index (χ1) is 10.5. The molecule has 1 unspecified atom stereocenters. The smallest absolute Gasteiger partial charge is 0.408 e. The molecular weight excluding hydrogens is 304 g/mol. The highest BCUT2D eigenvalue weighted by Gasteiger charge is 2.30. The van der Waals surface area contributed by atoms with Crippen molar-refractivity contribution in [3.05, 3.63) is 39.9 Å². The zero-order valence-corrected chi connectivity index (χ0v) is 13.4. The molecule has 1 aromatic carbocycles. The van der Waals surface area contributed by atoms with Gasteiger partial charge in [-0.05, 0) is 26.3 Å². The van der Waals surface area contributed by atoms with Crippen LogP contribution < -0.4 is 5.32 Å². The summed E-state index contributed by atoms with van der Waals surface area (Å²) in [5, 5.41) is 22.3. The molecule has 0 aliphatic heterocycles. The number of carboxylic acids is 1. The highest BCUT2D eigenvalue weighted by atomic mass is 16.6. The molecule has 0 saturated carbocycles. The lowest BCUT2D eigenvalue weighted by Gasteiger charge is -2.25. The van der Waals surface area contributed by atoms with Gasteiger partial charge in [-0.1, -0.05) is 19.1 Å². The molecule has 0 aromatic heterocycles. The Labute approximate surface area is 133 Å². The number of nitrogens with zero attached hydrogens (tertiary/aromatic N) is 1. The Morgan fingerprint density at radius 1 is 1.26 bits per heavy atom. The predicted molar refractivity (Wildman–Crippen MR) is 82.3 cm³/mol. The summed E-state index contributed by atoms with van der Waals surface area (Å²) in [7, 11) is 0. The summed E-state index contributed by atoms with van der Waals surface area (Å²) in [6, 6.07) is 4.30. The molecule has 126 valence electrons. The normalized spacial score (nSPS) is 13.7. The van der Waals surface area contributed by atoms with Gasteiger partial charge in [0.05, 0.1) is 4.92 Å². The second-order valence-electron chi connectivity index (χ2n) is 6.10. The van der Waals surface area contributed by atoms with Crippen molar-refractivity contribution in [2.45, 2.75) is 45.3 Å². The van der Waals surface area contributed by atoms with Crippen LogP contribution in [0.25, 0.3) is 0 Å². The number of aliphatic carboxylic acids is 1. The van der Waals surface area contributed by atoms with Gasteiger partial charge in [-0.3, -0.25) is 10.1 Å². The van der Waals surface area contributed by atoms with E-state index in [2.05, 4.69) is 5.32 Å². The monoisotopic (exact) mass is 324 g/mol. The zero-order valence-electron chi connectivity index (χ0n) is 13.4. The van der Waals surface area contributed by atoms with Gasteiger partial charge in [0.1, 0.15) is 11.6 Å². The molecule has 0 bridgehead atoms. The number of carbonyl (C=O) groups excluding carboxylic acids is 1. The van der Waals surface area contributed by atoms with Gasteiger partial charge in [-0.15, -0.1) is 0 Å². The molecule has 2 N–H and O–H groups in total. The van der Waals surface area contributed by atoms with Gasteiger partial charge in [-0.2, -0.15) is 0 Å². The van der Waals surface area contributed by atoms with Crippen molar-refractivity contribution < 1.29 is 24.4 Å². The van der Waals surface area contributed by atoms with Gasteiger partial charge < -0.3 is 15.2 Å². The third-order valence-corrected chi connectivity index (χ3v) is 3.07. The van der Waals surface area contributed by atoms with E-state index in [1.54, 1.807) is 27.7 Å². The molecule has 23 heavy (non-hydrogen) atoms. The molecule has 0 aliphatic rings. The van der Waals surface area contributed by atoms with Crippen LogP contribution in [-0.2, 0) is 9.53 Å². The highest BCUT2D eigenvalue weighted by molar-refractivity contribution is 5.81. The summed E-state index contributed by atoms with van der Waals surface area (Å²) < 4.78 is 5.05. The molecular formula is C15H20N2O6. The zero-order chi connectivity index (χ0) is 17.8. The van der Waals surface area contributed by atoms with Crippen molar-refractivity contribution in [1.82, 2.24) is 5.32 Å². The second kappa shape index (κ2) is 7.08. The Morgan fingerprint density at radius 2 is 1.78 bits per heavy atom. The molecule has 0 radical (unpaired) electrons. The molecule has 0 spiro atoms. The van der Waals surface area contributed by atoms with Crippen LogP contribution in [0.15, 0.2) is 24.3 Å². The third-order valence-electron chi connectivity index (χ3n) is 3.07. The van der Waals surface area contributed by atoms with E-state index in [0.29, 0.717) is 5.56 Å². The van der Waals surface area contributed by atoms with Crippen molar-refractivity contribution in [3.8, 4) is 0 Å². The van der Waals surface area contributed by atoms with Gasteiger partial charge >= 0.3 is 12.1 Å². The highest BCUT2D eigenvalue weighted by Crippen LogP contribution is 2.22. The van der Waals surface area contributed by atoms with E-state index in [0.717, 1.165) is 0 Å². The maximum Gasteiger partial charge on any atom is 0.408 e. The first-order valence-corrected chi connectivity index (χ1v) is 6.98. The number of nitrogens with one attached hydrogen (secondary N) is 1. The molecule has 1 aromatic rings. The fraction of sp³-hybridized carbons (Fsp3) is 0.467. The Morgan fingerprint density at radius 3 is 2.17 bits per heavy atom. The number of rotatable bonds is 5. The molecule has 8 nitrogen and oxygen atoms in total. The summed E-state index contributed by atoms with van der Waals surface area (Å²) in [6.07, 6.45) is -0.835. The Hall–Kier alpha value is -2.64. The molecule has 0 heterocycles. The predicted octanol–water partition coefficient (Wildman–Crippen LogP) is 2.68. The number of nitro benzene ring substituents is 1. The summed E-state index contributed by atoms with van der Waals surface area (Å²) in [6.45, 7) is 6.61. The Bertz CT molecular complexity index is 591. The maximum atomic E-state index is 11.8. The summed E-state index contributed by atoms with van der Waals surface area (Å²) in [5.41, 5.74) is -0.281. The molecule has 1 amide bonds. The van der Waals surface area contributed by atoms with Gasteiger partial charge in [0.25, 0.3) is 5.69 Å². The second-order valence-corrected chi connectivity index (χ2v) is 6.10. The van der Waals surface area contributed by atoms with E-state index in [1.807, 2.05) is 0 Å². The van der Waals surface area contributed by atoms with Gasteiger partial charge in [0.15, 0.2) is 0 Å². The minimum atomic E-state index is -1.22. The fourth-order valence-corrected chi connectivity index (χ4v) is 1.93. The van der Waals surface area contributed by atoms with Crippen molar-refractivity contribution >= 4 is 17.7 Å². The Balaban J connectivity index is 2.90. The number of ether oxygens (including phenoxy) is 1. The van der Waals surface area contributed by atoms with Crippen LogP contribution >= 0.6 is 0 Å². The lowest BCUT2D eigenvalue weighted by molar-refractivity contribution is -0.384. The van der Waals surface area contributed by atoms with Crippen LogP contribution in [0.4, 0.5) is 10.5 Å². The number of alkyl carbamates (subject to hydrolysis) is 1. The molecule has 0 aliphatic carbocycles. The molecule has 2 atom stereocenters. The quantitative estimate of drug-likeness (QED) is 0.635. The van der Waals surface area contributed by atoms with Crippen LogP contribution in [0.3, 0.4) is 0 Å². The standard InChI is InChI=1S/C15H20N2O6/c1-9(10-5-7-11(8-6-10)17(21)22)12(13(18)19)16-14(20)23-15(2,3)4/h5-9,12H,1-4H3,(H,16,20)(H,18,19)/t9-,12?/m0/s1. The number of carbonyl (C=O) groups is 2. The van der Waals surface area contributed by atoms with Crippen molar-refractivity contribution in [1.29, 1.82) is 0 Å². The number of amides is 1. The summed E-state index contributed by atoms with van der Waals surface area (Å²) in [4.78, 5) is 33.3. The lowest BCUT2D eigenvalue weighted by Crippen LogP contribution is -2.46. The third kappa shape index (κ3) is 5.57. The number of carboxylic acid groups (broad SMARTS) is 1. The summed E-state index contributed by atoms with van der Waals surface area (Å²) in [5.74, 6) is -1.82. The van der Waals surface area contributed by atoms with Crippen molar-refractivity contribution in [2.24, 2.45) is 0 Å². The van der Waals surface area contributed by atoms with E-state index in [1.165, 1.54) is 24.3 Å². The van der Waals surface area contributed by atoms with Crippen LogP contribution in [0.1, 0.15) is 39.2 Å². The maximum absolute atomic E-state index is 11.8. The molecule has 0 fully saturated rings. The van der Waals surface area contributed by atoms with E-state index in [-0.39, 0.29) is 5.69 Å². The number of hydrogen-bond acceptors (Lipinski definition) is 5. The van der Waals surface area contributed by atoms with Gasteiger partial charge in [0.2, 0.25) is 0 Å². The first-order valence-electron chi connectivity index (χ1n) is 6.98. The van der Waals surface area contributed by atoms with Gasteiger partial charge in [-0.25, -0.2) is 9.59 Å². The fourth-order valence-electron chi connectivity index (χ4n) is 1.93. The number of nitro groups is 1. The molecule has 0 saturated heterocycles. The van der Waals surface area contributed by atoms with Crippen LogP contribution in [0.2, 0.25) is 0 Å². The van der Waals surface area contributed by atoms with E-state index >= 15 is 0 Å². The van der Waals surface area contributed by atoms with E-state index in [4.69, 9.17) is 4.74 Å². The molecule has 8 heteroatoms. The topological polar surface area (TPSA) is 119 Å². The van der Waals surface area contributed by atoms with Crippen LogP contribution in [-0.4, -0.2) is 33.7 Å². The van der Waals surface area contributed by atoms with Crippen LogP contribution in [0.5, 0.6) is 0 Å². The van der Waals surface area contributed by atoms with Gasteiger partial charge in [0, 0.05) is 18.1 Å². The average molecular weight is 324 g/mol. The minimum absolute atomic E-state index is 0.0899.